The van der Waals surface area contributed by atoms with E-state index in [9.17, 15) is 4.79 Å². The van der Waals surface area contributed by atoms with E-state index in [1.54, 1.807) is 14.0 Å². The van der Waals surface area contributed by atoms with Crippen LogP contribution in [0.1, 0.15) is 36.7 Å². The molecule has 1 unspecified atom stereocenters. The van der Waals surface area contributed by atoms with E-state index in [0.29, 0.717) is 11.3 Å². The minimum atomic E-state index is -0.268. The van der Waals surface area contributed by atoms with Crippen molar-refractivity contribution in [2.24, 2.45) is 0 Å². The Bertz CT molecular complexity index is 494. The third-order valence-electron chi connectivity index (χ3n) is 3.29. The summed E-state index contributed by atoms with van der Waals surface area (Å²) in [5.41, 5.74) is 1.39. The zero-order valence-electron chi connectivity index (χ0n) is 11.0. The molecule has 1 heterocycles. The number of hydrogen-bond acceptors (Lipinski definition) is 3. The quantitative estimate of drug-likeness (QED) is 0.620. The second kappa shape index (κ2) is 4.57. The summed E-state index contributed by atoms with van der Waals surface area (Å²) in [6.07, 6.45) is 0.840. The highest BCUT2D eigenvalue weighted by molar-refractivity contribution is 9.09. The topological polar surface area (TPSA) is 35.5 Å². The van der Waals surface area contributed by atoms with Gasteiger partial charge in [-0.15, -0.1) is 0 Å². The van der Waals surface area contributed by atoms with Gasteiger partial charge in [0.25, 0.3) is 0 Å². The normalized spacial score (nSPS) is 20.8. The van der Waals surface area contributed by atoms with Gasteiger partial charge in [-0.2, -0.15) is 0 Å². The monoisotopic (exact) mass is 312 g/mol. The van der Waals surface area contributed by atoms with Gasteiger partial charge in [0.2, 0.25) is 0 Å². The molecule has 0 aromatic heterocycles. The number of fused-ring (bicyclic) bond motifs is 1. The maximum absolute atomic E-state index is 11.6. The Morgan fingerprint density at radius 3 is 2.72 bits per heavy atom. The van der Waals surface area contributed by atoms with E-state index >= 15 is 0 Å². The number of benzene rings is 1. The zero-order valence-corrected chi connectivity index (χ0v) is 12.6. The third kappa shape index (κ3) is 2.26. The number of alkyl halides is 1. The molecular weight excluding hydrogens is 296 g/mol. The van der Waals surface area contributed by atoms with Crippen LogP contribution in [0.25, 0.3) is 0 Å². The van der Waals surface area contributed by atoms with E-state index in [-0.39, 0.29) is 16.2 Å². The Morgan fingerprint density at radius 1 is 1.50 bits per heavy atom. The molecule has 0 spiro atoms. The number of ether oxygens (including phenoxy) is 2. The molecule has 98 valence electrons. The molecular formula is C14H17BrO3. The molecule has 1 atom stereocenters. The van der Waals surface area contributed by atoms with Crippen molar-refractivity contribution in [3.63, 3.8) is 0 Å². The molecule has 1 aromatic carbocycles. The summed E-state index contributed by atoms with van der Waals surface area (Å²) in [5.74, 6) is 1.38. The molecule has 1 aliphatic heterocycles. The van der Waals surface area contributed by atoms with Crippen molar-refractivity contribution >= 4 is 21.7 Å². The summed E-state index contributed by atoms with van der Waals surface area (Å²) < 4.78 is 11.2. The molecule has 0 N–H and O–H groups in total. The first kappa shape index (κ1) is 13.4. The van der Waals surface area contributed by atoms with Crippen LogP contribution in [0, 0.1) is 0 Å². The number of ketones is 1. The lowest BCUT2D eigenvalue weighted by Crippen LogP contribution is -2.42. The van der Waals surface area contributed by atoms with Crippen LogP contribution in [0.15, 0.2) is 12.1 Å². The van der Waals surface area contributed by atoms with Gasteiger partial charge < -0.3 is 9.47 Å². The van der Waals surface area contributed by atoms with Gasteiger partial charge in [0.05, 0.1) is 17.5 Å². The van der Waals surface area contributed by atoms with Crippen molar-refractivity contribution in [3.8, 4) is 11.5 Å². The van der Waals surface area contributed by atoms with Crippen molar-refractivity contribution < 1.29 is 14.3 Å². The lowest BCUT2D eigenvalue weighted by atomic mass is 9.92. The number of rotatable bonds is 2. The van der Waals surface area contributed by atoms with E-state index in [1.807, 2.05) is 26.0 Å². The van der Waals surface area contributed by atoms with Gasteiger partial charge in [0.1, 0.15) is 17.1 Å². The number of Topliss-reactive ketones (excluding diaryl/α,β-unsaturated/α-hetero) is 1. The fourth-order valence-corrected chi connectivity index (χ4v) is 2.53. The van der Waals surface area contributed by atoms with Crippen LogP contribution in [0.4, 0.5) is 0 Å². The first-order valence-corrected chi connectivity index (χ1v) is 6.81. The third-order valence-corrected chi connectivity index (χ3v) is 4.71. The van der Waals surface area contributed by atoms with Crippen LogP contribution in [0.2, 0.25) is 0 Å². The van der Waals surface area contributed by atoms with Crippen molar-refractivity contribution in [2.45, 2.75) is 37.6 Å². The average molecular weight is 313 g/mol. The highest BCUT2D eigenvalue weighted by Crippen LogP contribution is 2.40. The van der Waals surface area contributed by atoms with E-state index in [1.165, 1.54) is 0 Å². The Balaban J connectivity index is 2.51. The lowest BCUT2D eigenvalue weighted by Gasteiger charge is -2.37. The molecule has 0 saturated carbocycles. The first-order valence-electron chi connectivity index (χ1n) is 5.90. The van der Waals surface area contributed by atoms with Crippen LogP contribution in [-0.4, -0.2) is 23.3 Å². The van der Waals surface area contributed by atoms with Crippen LogP contribution in [0.5, 0.6) is 11.5 Å². The van der Waals surface area contributed by atoms with Crippen molar-refractivity contribution in [2.75, 3.05) is 7.11 Å². The molecule has 1 aliphatic rings. The minimum absolute atomic E-state index is 0.00519. The number of methoxy groups -OCH3 is 1. The van der Waals surface area contributed by atoms with Crippen molar-refractivity contribution in [3.05, 3.63) is 23.3 Å². The van der Waals surface area contributed by atoms with Gasteiger partial charge in [0, 0.05) is 6.07 Å². The Labute approximate surface area is 116 Å². The summed E-state index contributed by atoms with van der Waals surface area (Å²) in [6.45, 7) is 5.63. The summed E-state index contributed by atoms with van der Waals surface area (Å²) in [7, 11) is 1.56. The molecule has 1 aromatic rings. The standard InChI is InChI=1S/C14H17BrO3/c1-8(16)10-5-9-6-13(15)14(2,3)18-11(9)7-12(10)17-4/h5,7,13H,6H2,1-4H3. The van der Waals surface area contributed by atoms with E-state index < -0.39 is 0 Å². The highest BCUT2D eigenvalue weighted by atomic mass is 79.9. The number of carbonyl (C=O) groups is 1. The fourth-order valence-electron chi connectivity index (χ4n) is 2.09. The largest absolute Gasteiger partial charge is 0.496 e. The molecule has 2 rings (SSSR count). The minimum Gasteiger partial charge on any atom is -0.496 e. The van der Waals surface area contributed by atoms with Crippen LogP contribution < -0.4 is 9.47 Å². The predicted molar refractivity (Wildman–Crippen MR) is 74.1 cm³/mol. The SMILES string of the molecule is COc1cc2c(cc1C(C)=O)CC(Br)C(C)(C)O2. The molecule has 0 fully saturated rings. The lowest BCUT2D eigenvalue weighted by molar-refractivity contribution is 0.0928. The van der Waals surface area contributed by atoms with E-state index in [4.69, 9.17) is 9.47 Å². The number of halogens is 1. The van der Waals surface area contributed by atoms with Crippen LogP contribution in [-0.2, 0) is 6.42 Å². The Morgan fingerprint density at radius 2 is 2.17 bits per heavy atom. The van der Waals surface area contributed by atoms with E-state index in [0.717, 1.165) is 17.7 Å². The van der Waals surface area contributed by atoms with Crippen molar-refractivity contribution in [1.82, 2.24) is 0 Å². The molecule has 3 nitrogen and oxygen atoms in total. The van der Waals surface area contributed by atoms with Gasteiger partial charge in [0.15, 0.2) is 5.78 Å². The number of carbonyl (C=O) groups excluding carboxylic acids is 1. The highest BCUT2D eigenvalue weighted by Gasteiger charge is 2.35. The maximum atomic E-state index is 11.6. The Hall–Kier alpha value is -1.03. The summed E-state index contributed by atoms with van der Waals surface area (Å²) in [5, 5.41) is 0. The van der Waals surface area contributed by atoms with Crippen molar-refractivity contribution in [1.29, 1.82) is 0 Å². The van der Waals surface area contributed by atoms with Gasteiger partial charge in [-0.25, -0.2) is 0 Å². The first-order chi connectivity index (χ1) is 8.35. The van der Waals surface area contributed by atoms with E-state index in [2.05, 4.69) is 15.9 Å². The van der Waals surface area contributed by atoms with Gasteiger partial charge in [-0.3, -0.25) is 4.79 Å². The number of hydrogen-bond donors (Lipinski definition) is 0. The van der Waals surface area contributed by atoms with Gasteiger partial charge in [-0.05, 0) is 38.8 Å². The summed E-state index contributed by atoms with van der Waals surface area (Å²) in [4.78, 5) is 11.8. The second-order valence-corrected chi connectivity index (χ2v) is 6.20. The molecule has 4 heteroatoms. The zero-order chi connectivity index (χ0) is 13.5. The second-order valence-electron chi connectivity index (χ2n) is 5.09. The molecule has 0 bridgehead atoms. The van der Waals surface area contributed by atoms with Crippen LogP contribution >= 0.6 is 15.9 Å². The Kier molecular flexibility index (Phi) is 3.41. The fraction of sp³-hybridized carbons (Fsp3) is 0.500. The molecule has 18 heavy (non-hydrogen) atoms. The smallest absolute Gasteiger partial charge is 0.163 e. The molecule has 0 amide bonds. The predicted octanol–water partition coefficient (Wildman–Crippen LogP) is 3.37. The average Bonchev–Trinajstić information content (AvgIpc) is 2.28. The molecule has 0 radical (unpaired) electrons. The van der Waals surface area contributed by atoms with Gasteiger partial charge >= 0.3 is 0 Å². The molecule has 0 saturated heterocycles. The summed E-state index contributed by atoms with van der Waals surface area (Å²) in [6, 6.07) is 3.69. The van der Waals surface area contributed by atoms with Crippen LogP contribution in [0.3, 0.4) is 0 Å². The summed E-state index contributed by atoms with van der Waals surface area (Å²) >= 11 is 3.64. The maximum Gasteiger partial charge on any atom is 0.163 e. The molecule has 0 aliphatic carbocycles. The van der Waals surface area contributed by atoms with Gasteiger partial charge in [-0.1, -0.05) is 15.9 Å².